The van der Waals surface area contributed by atoms with Gasteiger partial charge in [0.1, 0.15) is 5.76 Å². The van der Waals surface area contributed by atoms with Crippen molar-refractivity contribution in [3.8, 4) is 0 Å². The zero-order valence-electron chi connectivity index (χ0n) is 9.02. The molecule has 1 heterocycles. The average molecular weight is 332 g/mol. The summed E-state index contributed by atoms with van der Waals surface area (Å²) in [5, 5.41) is 13.9. The van der Waals surface area contributed by atoms with Crippen molar-refractivity contribution in [3.05, 3.63) is 55.9 Å². The number of furan rings is 1. The molecule has 0 unspecified atom stereocenters. The molecule has 2 aromatic rings. The molecule has 0 saturated carbocycles. The first-order valence-corrected chi connectivity index (χ1v) is 6.14. The third-order valence-electron chi connectivity index (χ3n) is 2.29. The smallest absolute Gasteiger partial charge is 0.271 e. The number of nitrogens with one attached hydrogen (secondary N) is 1. The highest BCUT2D eigenvalue weighted by Gasteiger charge is 2.10. The third kappa shape index (κ3) is 2.83. The second kappa shape index (κ2) is 5.41. The van der Waals surface area contributed by atoms with Crippen LogP contribution in [-0.2, 0) is 6.54 Å². The molecular formula is C11H8BrClN2O3. The molecule has 0 aliphatic heterocycles. The fourth-order valence-electron chi connectivity index (χ4n) is 1.39. The highest BCUT2D eigenvalue weighted by atomic mass is 79.9. The minimum Gasteiger partial charge on any atom is -0.466 e. The van der Waals surface area contributed by atoms with Crippen molar-refractivity contribution in [1.29, 1.82) is 0 Å². The largest absolute Gasteiger partial charge is 0.466 e. The number of nitrogens with zero attached hydrogens (tertiary/aromatic N) is 1. The van der Waals surface area contributed by atoms with Crippen molar-refractivity contribution in [2.45, 2.75) is 6.54 Å². The van der Waals surface area contributed by atoms with E-state index in [9.17, 15) is 10.1 Å². The Morgan fingerprint density at radius 3 is 2.78 bits per heavy atom. The summed E-state index contributed by atoms with van der Waals surface area (Å²) in [6, 6.07) is 6.05. The van der Waals surface area contributed by atoms with Crippen LogP contribution in [0.15, 0.2) is 39.4 Å². The van der Waals surface area contributed by atoms with Gasteiger partial charge in [-0.3, -0.25) is 10.1 Å². The second-order valence-electron chi connectivity index (χ2n) is 3.47. The van der Waals surface area contributed by atoms with Crippen LogP contribution in [0, 0.1) is 10.1 Å². The van der Waals surface area contributed by atoms with E-state index in [0.29, 0.717) is 17.3 Å². The van der Waals surface area contributed by atoms with Crippen molar-refractivity contribution in [3.63, 3.8) is 0 Å². The van der Waals surface area contributed by atoms with Gasteiger partial charge in [-0.15, -0.1) is 0 Å². The summed E-state index contributed by atoms with van der Waals surface area (Å²) in [5.74, 6) is 0.726. The molecule has 7 heteroatoms. The predicted octanol–water partition coefficient (Wildman–Crippen LogP) is 4.22. The topological polar surface area (TPSA) is 68.3 Å². The van der Waals surface area contributed by atoms with Crippen molar-refractivity contribution < 1.29 is 9.34 Å². The van der Waals surface area contributed by atoms with E-state index in [0.717, 1.165) is 10.2 Å². The van der Waals surface area contributed by atoms with Crippen molar-refractivity contribution in [1.82, 2.24) is 0 Å². The van der Waals surface area contributed by atoms with Crippen LogP contribution in [-0.4, -0.2) is 4.92 Å². The minimum atomic E-state index is -0.487. The van der Waals surface area contributed by atoms with E-state index >= 15 is 0 Å². The van der Waals surface area contributed by atoms with Gasteiger partial charge in [-0.05, 0) is 28.1 Å². The number of benzene rings is 1. The molecule has 0 amide bonds. The number of non-ortho nitro benzene ring substituents is 1. The maximum absolute atomic E-state index is 10.6. The lowest BCUT2D eigenvalue weighted by atomic mass is 10.3. The van der Waals surface area contributed by atoms with Crippen LogP contribution >= 0.6 is 27.5 Å². The lowest BCUT2D eigenvalue weighted by molar-refractivity contribution is -0.384. The predicted molar refractivity (Wildman–Crippen MR) is 71.8 cm³/mol. The van der Waals surface area contributed by atoms with Crippen molar-refractivity contribution >= 4 is 38.9 Å². The van der Waals surface area contributed by atoms with Crippen molar-refractivity contribution in [2.24, 2.45) is 0 Å². The molecule has 94 valence electrons. The van der Waals surface area contributed by atoms with Gasteiger partial charge in [-0.1, -0.05) is 11.6 Å². The standard InChI is InChI=1S/C11H8BrClN2O3/c12-8-3-4-18-11(8)6-14-10-2-1-7(15(16)17)5-9(10)13/h1-5,14H,6H2. The Morgan fingerprint density at radius 2 is 2.22 bits per heavy atom. The fraction of sp³-hybridized carbons (Fsp3) is 0.0909. The van der Waals surface area contributed by atoms with E-state index in [1.165, 1.54) is 12.1 Å². The van der Waals surface area contributed by atoms with Gasteiger partial charge in [0, 0.05) is 12.1 Å². The lowest BCUT2D eigenvalue weighted by Gasteiger charge is -2.06. The zero-order chi connectivity index (χ0) is 13.1. The van der Waals surface area contributed by atoms with Crippen LogP contribution < -0.4 is 5.32 Å². The Morgan fingerprint density at radius 1 is 1.44 bits per heavy atom. The fourth-order valence-corrected chi connectivity index (χ4v) is 1.97. The monoisotopic (exact) mass is 330 g/mol. The van der Waals surface area contributed by atoms with Gasteiger partial charge in [0.15, 0.2) is 0 Å². The molecule has 0 radical (unpaired) electrons. The molecular weight excluding hydrogens is 323 g/mol. The Balaban J connectivity index is 2.11. The van der Waals surface area contributed by atoms with Gasteiger partial charge in [-0.2, -0.15) is 0 Å². The molecule has 0 spiro atoms. The summed E-state index contributed by atoms with van der Waals surface area (Å²) in [4.78, 5) is 10.1. The minimum absolute atomic E-state index is 0.0373. The Hall–Kier alpha value is -1.53. The molecule has 0 aliphatic rings. The maximum Gasteiger partial charge on any atom is 0.271 e. The lowest BCUT2D eigenvalue weighted by Crippen LogP contribution is -1.99. The van der Waals surface area contributed by atoms with Gasteiger partial charge in [0.05, 0.1) is 32.9 Å². The van der Waals surface area contributed by atoms with Crippen LogP contribution in [0.5, 0.6) is 0 Å². The number of nitro benzene ring substituents is 1. The van der Waals surface area contributed by atoms with Crippen LogP contribution in [0.2, 0.25) is 5.02 Å². The number of halogens is 2. The van der Waals surface area contributed by atoms with Crippen LogP contribution in [0.4, 0.5) is 11.4 Å². The van der Waals surface area contributed by atoms with E-state index in [4.69, 9.17) is 16.0 Å². The first-order valence-electron chi connectivity index (χ1n) is 4.97. The summed E-state index contributed by atoms with van der Waals surface area (Å²) in [7, 11) is 0. The number of nitro groups is 1. The van der Waals surface area contributed by atoms with E-state index < -0.39 is 4.92 Å². The summed E-state index contributed by atoms with van der Waals surface area (Å²) in [6.45, 7) is 0.436. The second-order valence-corrected chi connectivity index (χ2v) is 4.73. The van der Waals surface area contributed by atoms with Crippen LogP contribution in [0.25, 0.3) is 0 Å². The van der Waals surface area contributed by atoms with E-state index in [-0.39, 0.29) is 5.69 Å². The molecule has 1 aromatic heterocycles. The number of anilines is 1. The Kier molecular flexibility index (Phi) is 3.88. The molecule has 2 rings (SSSR count). The zero-order valence-corrected chi connectivity index (χ0v) is 11.4. The Bertz CT molecular complexity index is 585. The highest BCUT2D eigenvalue weighted by Crippen LogP contribution is 2.27. The van der Waals surface area contributed by atoms with Crippen LogP contribution in [0.1, 0.15) is 5.76 Å². The molecule has 0 aliphatic carbocycles. The van der Waals surface area contributed by atoms with Gasteiger partial charge < -0.3 is 9.73 Å². The summed E-state index contributed by atoms with van der Waals surface area (Å²) in [6.07, 6.45) is 1.57. The van der Waals surface area contributed by atoms with E-state index in [1.807, 2.05) is 0 Å². The van der Waals surface area contributed by atoms with Gasteiger partial charge in [-0.25, -0.2) is 0 Å². The maximum atomic E-state index is 10.6. The molecule has 5 nitrogen and oxygen atoms in total. The highest BCUT2D eigenvalue weighted by molar-refractivity contribution is 9.10. The first kappa shape index (κ1) is 12.9. The van der Waals surface area contributed by atoms with Gasteiger partial charge >= 0.3 is 0 Å². The SMILES string of the molecule is O=[N+]([O-])c1ccc(NCc2occc2Br)c(Cl)c1. The molecule has 0 bridgehead atoms. The van der Waals surface area contributed by atoms with Crippen LogP contribution in [0.3, 0.4) is 0 Å². The quantitative estimate of drug-likeness (QED) is 0.673. The number of hydrogen-bond donors (Lipinski definition) is 1. The molecule has 0 fully saturated rings. The van der Waals surface area contributed by atoms with E-state index in [2.05, 4.69) is 21.2 Å². The third-order valence-corrected chi connectivity index (χ3v) is 3.31. The molecule has 18 heavy (non-hydrogen) atoms. The molecule has 1 N–H and O–H groups in total. The molecule has 0 atom stereocenters. The van der Waals surface area contributed by atoms with E-state index in [1.54, 1.807) is 18.4 Å². The summed E-state index contributed by atoms with van der Waals surface area (Å²) >= 11 is 9.28. The molecule has 1 aromatic carbocycles. The average Bonchev–Trinajstić information content (AvgIpc) is 2.73. The normalized spacial score (nSPS) is 10.3. The first-order chi connectivity index (χ1) is 8.58. The summed E-state index contributed by atoms with van der Waals surface area (Å²) in [5.41, 5.74) is 0.579. The number of hydrogen-bond acceptors (Lipinski definition) is 4. The summed E-state index contributed by atoms with van der Waals surface area (Å²) < 4.78 is 6.08. The Labute approximate surface area is 116 Å². The van der Waals surface area contributed by atoms with Gasteiger partial charge in [0.25, 0.3) is 5.69 Å². The van der Waals surface area contributed by atoms with Gasteiger partial charge in [0.2, 0.25) is 0 Å². The van der Waals surface area contributed by atoms with Crippen molar-refractivity contribution in [2.75, 3.05) is 5.32 Å². The number of rotatable bonds is 4. The molecule has 0 saturated heterocycles.